The summed E-state index contributed by atoms with van der Waals surface area (Å²) >= 11 is 0. The number of esters is 1. The Kier molecular flexibility index (Phi) is 5.67. The van der Waals surface area contributed by atoms with Crippen molar-refractivity contribution < 1.29 is 22.7 Å². The van der Waals surface area contributed by atoms with Gasteiger partial charge in [-0.2, -0.15) is 4.31 Å². The molecule has 1 aliphatic heterocycles. The van der Waals surface area contributed by atoms with E-state index in [1.54, 1.807) is 36.4 Å². The molecule has 0 N–H and O–H groups in total. The Labute approximate surface area is 159 Å². The smallest absolute Gasteiger partial charge is 0.339 e. The average Bonchev–Trinajstić information content (AvgIpc) is 2.73. The first kappa shape index (κ1) is 19.2. The molecule has 0 unspecified atom stereocenters. The molecule has 144 valence electrons. The van der Waals surface area contributed by atoms with Crippen molar-refractivity contribution in [3.8, 4) is 5.75 Å². The molecule has 27 heavy (non-hydrogen) atoms. The van der Waals surface area contributed by atoms with Gasteiger partial charge in [-0.1, -0.05) is 12.1 Å². The van der Waals surface area contributed by atoms with E-state index >= 15 is 0 Å². The van der Waals surface area contributed by atoms with Crippen molar-refractivity contribution >= 4 is 21.7 Å². The highest BCUT2D eigenvalue weighted by atomic mass is 32.2. The van der Waals surface area contributed by atoms with E-state index in [0.29, 0.717) is 37.5 Å². The summed E-state index contributed by atoms with van der Waals surface area (Å²) in [5, 5.41) is 0. The van der Waals surface area contributed by atoms with Crippen molar-refractivity contribution in [2.45, 2.75) is 4.90 Å². The van der Waals surface area contributed by atoms with E-state index in [0.717, 1.165) is 5.69 Å². The molecule has 0 atom stereocenters. The van der Waals surface area contributed by atoms with Crippen LogP contribution in [0, 0.1) is 0 Å². The third-order valence-corrected chi connectivity index (χ3v) is 6.50. The third-order valence-electron chi connectivity index (χ3n) is 4.59. The Morgan fingerprint density at radius 1 is 0.926 bits per heavy atom. The van der Waals surface area contributed by atoms with Gasteiger partial charge < -0.3 is 14.4 Å². The highest BCUT2D eigenvalue weighted by molar-refractivity contribution is 7.89. The van der Waals surface area contributed by atoms with Crippen LogP contribution in [0.25, 0.3) is 0 Å². The van der Waals surface area contributed by atoms with E-state index in [9.17, 15) is 13.2 Å². The number of carbonyl (C=O) groups excluding carboxylic acids is 1. The number of rotatable bonds is 5. The molecule has 0 radical (unpaired) electrons. The van der Waals surface area contributed by atoms with E-state index < -0.39 is 16.0 Å². The van der Waals surface area contributed by atoms with Crippen LogP contribution in [-0.4, -0.2) is 59.1 Å². The van der Waals surface area contributed by atoms with Crippen molar-refractivity contribution in [2.75, 3.05) is 45.3 Å². The summed E-state index contributed by atoms with van der Waals surface area (Å²) in [6.45, 7) is 1.65. The molecule has 0 aromatic heterocycles. The second kappa shape index (κ2) is 7.98. The first-order valence-electron chi connectivity index (χ1n) is 8.54. The van der Waals surface area contributed by atoms with Gasteiger partial charge in [0.1, 0.15) is 5.75 Å². The summed E-state index contributed by atoms with van der Waals surface area (Å²) < 4.78 is 37.1. The van der Waals surface area contributed by atoms with Gasteiger partial charge in [-0.15, -0.1) is 0 Å². The Bertz CT molecular complexity index is 904. The molecule has 0 bridgehead atoms. The van der Waals surface area contributed by atoms with Gasteiger partial charge in [-0.05, 0) is 36.4 Å². The molecule has 1 fully saturated rings. The molecule has 2 aromatic carbocycles. The minimum absolute atomic E-state index is 0.242. The quantitative estimate of drug-likeness (QED) is 0.727. The zero-order valence-corrected chi connectivity index (χ0v) is 16.1. The van der Waals surface area contributed by atoms with Crippen LogP contribution < -0.4 is 9.64 Å². The van der Waals surface area contributed by atoms with Crippen molar-refractivity contribution in [3.63, 3.8) is 0 Å². The largest absolute Gasteiger partial charge is 0.497 e. The summed E-state index contributed by atoms with van der Waals surface area (Å²) in [4.78, 5) is 14.2. The summed E-state index contributed by atoms with van der Waals surface area (Å²) in [6.07, 6.45) is 0. The van der Waals surface area contributed by atoms with Gasteiger partial charge in [-0.25, -0.2) is 13.2 Å². The molecule has 0 saturated carbocycles. The van der Waals surface area contributed by atoms with Crippen molar-refractivity contribution in [1.82, 2.24) is 4.31 Å². The Morgan fingerprint density at radius 2 is 1.56 bits per heavy atom. The minimum Gasteiger partial charge on any atom is -0.497 e. The van der Waals surface area contributed by atoms with Gasteiger partial charge in [0.25, 0.3) is 0 Å². The molecule has 7 nitrogen and oxygen atoms in total. The van der Waals surface area contributed by atoms with Crippen LogP contribution in [0.2, 0.25) is 0 Å². The average molecular weight is 390 g/mol. The van der Waals surface area contributed by atoms with E-state index in [4.69, 9.17) is 9.47 Å². The fourth-order valence-corrected chi connectivity index (χ4v) is 4.52. The van der Waals surface area contributed by atoms with Crippen LogP contribution in [0.1, 0.15) is 10.4 Å². The molecule has 0 spiro atoms. The predicted molar refractivity (Wildman–Crippen MR) is 102 cm³/mol. The molecule has 0 amide bonds. The van der Waals surface area contributed by atoms with Crippen LogP contribution in [0.15, 0.2) is 53.4 Å². The van der Waals surface area contributed by atoms with E-state index in [2.05, 4.69) is 0 Å². The van der Waals surface area contributed by atoms with E-state index in [1.807, 2.05) is 17.0 Å². The molecule has 8 heteroatoms. The lowest BCUT2D eigenvalue weighted by Crippen LogP contribution is -2.49. The first-order valence-corrected chi connectivity index (χ1v) is 9.98. The number of sulfonamides is 1. The van der Waals surface area contributed by atoms with Gasteiger partial charge >= 0.3 is 5.97 Å². The van der Waals surface area contributed by atoms with E-state index in [1.165, 1.54) is 18.5 Å². The zero-order valence-electron chi connectivity index (χ0n) is 15.3. The maximum atomic E-state index is 12.8. The molecular weight excluding hydrogens is 368 g/mol. The number of nitrogens with zero attached hydrogens (tertiary/aromatic N) is 2. The van der Waals surface area contributed by atoms with Crippen LogP contribution in [0.5, 0.6) is 5.75 Å². The molecular formula is C19H22N2O5S. The number of hydrogen-bond acceptors (Lipinski definition) is 6. The molecule has 1 saturated heterocycles. The van der Waals surface area contributed by atoms with Crippen molar-refractivity contribution in [3.05, 3.63) is 54.1 Å². The molecule has 1 heterocycles. The van der Waals surface area contributed by atoms with Crippen LogP contribution in [-0.2, 0) is 14.8 Å². The van der Waals surface area contributed by atoms with Gasteiger partial charge in [-0.3, -0.25) is 0 Å². The number of piperazine rings is 1. The van der Waals surface area contributed by atoms with Crippen molar-refractivity contribution in [1.29, 1.82) is 0 Å². The van der Waals surface area contributed by atoms with Crippen LogP contribution in [0.4, 0.5) is 5.69 Å². The van der Waals surface area contributed by atoms with Gasteiger partial charge in [0.15, 0.2) is 0 Å². The highest BCUT2D eigenvalue weighted by Gasteiger charge is 2.29. The predicted octanol–water partition coefficient (Wildman–Crippen LogP) is 1.99. The zero-order chi connectivity index (χ0) is 19.4. The van der Waals surface area contributed by atoms with E-state index in [-0.39, 0.29) is 4.90 Å². The lowest BCUT2D eigenvalue weighted by atomic mass is 10.1. The fraction of sp³-hybridized carbons (Fsp3) is 0.316. The highest BCUT2D eigenvalue weighted by Crippen LogP contribution is 2.25. The molecule has 0 aliphatic carbocycles. The van der Waals surface area contributed by atoms with Gasteiger partial charge in [0.2, 0.25) is 10.0 Å². The molecule has 2 aromatic rings. The number of para-hydroxylation sites is 1. The Balaban J connectivity index is 1.74. The van der Waals surface area contributed by atoms with Crippen LogP contribution >= 0.6 is 0 Å². The van der Waals surface area contributed by atoms with Gasteiger partial charge in [0, 0.05) is 26.2 Å². The second-order valence-electron chi connectivity index (χ2n) is 6.08. The summed E-state index contributed by atoms with van der Waals surface area (Å²) in [5.41, 5.74) is 1.23. The minimum atomic E-state index is -3.56. The third kappa shape index (κ3) is 3.91. The normalized spacial score (nSPS) is 15.4. The number of methoxy groups -OCH3 is 2. The fourth-order valence-electron chi connectivity index (χ4n) is 3.10. The summed E-state index contributed by atoms with van der Waals surface area (Å²) in [5.74, 6) is 0.206. The Morgan fingerprint density at radius 3 is 2.15 bits per heavy atom. The standard InChI is InChI=1S/C19H22N2O5S/c1-25-15-7-9-16(10-8-15)27(23,24)21-13-11-20(12-14-21)18-6-4-3-5-17(18)19(22)26-2/h3-10H,11-14H2,1-2H3. The Hall–Kier alpha value is -2.58. The topological polar surface area (TPSA) is 76.2 Å². The number of carbonyl (C=O) groups is 1. The monoisotopic (exact) mass is 390 g/mol. The summed E-state index contributed by atoms with van der Waals surface area (Å²) in [6, 6.07) is 13.6. The van der Waals surface area contributed by atoms with Gasteiger partial charge in [0.05, 0.1) is 30.4 Å². The molecule has 1 aliphatic rings. The maximum Gasteiger partial charge on any atom is 0.339 e. The molecule has 3 rings (SSSR count). The first-order chi connectivity index (χ1) is 13.0. The number of benzene rings is 2. The maximum absolute atomic E-state index is 12.8. The number of anilines is 1. The lowest BCUT2D eigenvalue weighted by Gasteiger charge is -2.36. The second-order valence-corrected chi connectivity index (χ2v) is 8.01. The number of ether oxygens (including phenoxy) is 2. The SMILES string of the molecule is COC(=O)c1ccccc1N1CCN(S(=O)(=O)c2ccc(OC)cc2)CC1. The van der Waals surface area contributed by atoms with Crippen molar-refractivity contribution in [2.24, 2.45) is 0 Å². The lowest BCUT2D eigenvalue weighted by molar-refractivity contribution is 0.0601. The summed E-state index contributed by atoms with van der Waals surface area (Å²) in [7, 11) is -0.682. The number of hydrogen-bond donors (Lipinski definition) is 0. The van der Waals surface area contributed by atoms with Crippen LogP contribution in [0.3, 0.4) is 0 Å².